The van der Waals surface area contributed by atoms with Gasteiger partial charge in [-0.15, -0.1) is 11.8 Å². The monoisotopic (exact) mass is 988 g/mol. The van der Waals surface area contributed by atoms with Gasteiger partial charge in [-0.2, -0.15) is 8.78 Å². The van der Waals surface area contributed by atoms with Gasteiger partial charge in [0.1, 0.15) is 18.5 Å². The minimum Gasteiger partial charge on any atom is -0.489 e. The first kappa shape index (κ1) is 47.9. The maximum absolute atomic E-state index is 14.1. The van der Waals surface area contributed by atoms with Crippen LogP contribution < -0.4 is 19.1 Å². The number of hydrogen-bond acceptors (Lipinski definition) is 12. The van der Waals surface area contributed by atoms with Gasteiger partial charge in [-0.05, 0) is 121 Å². The third-order valence-corrected chi connectivity index (χ3v) is 14.6. The Labute approximate surface area is 408 Å². The molecule has 0 spiro atoms. The summed E-state index contributed by atoms with van der Waals surface area (Å²) < 4.78 is 56.2. The molecule has 4 aromatic carbocycles. The summed E-state index contributed by atoms with van der Waals surface area (Å²) in [7, 11) is 0. The summed E-state index contributed by atoms with van der Waals surface area (Å²) in [5.41, 5.74) is 3.88. The van der Waals surface area contributed by atoms with Gasteiger partial charge in [0.2, 0.25) is 6.41 Å². The highest BCUT2D eigenvalue weighted by Gasteiger charge is 2.39. The molecule has 1 aliphatic carbocycles. The van der Waals surface area contributed by atoms with E-state index in [1.54, 1.807) is 12.1 Å². The lowest BCUT2D eigenvalue weighted by molar-refractivity contribution is -0.178. The van der Waals surface area contributed by atoms with E-state index in [4.69, 9.17) is 46.9 Å². The van der Waals surface area contributed by atoms with Gasteiger partial charge in [0.25, 0.3) is 5.91 Å². The number of nitrogens with zero attached hydrogens (tertiary/aromatic N) is 4. The summed E-state index contributed by atoms with van der Waals surface area (Å²) in [6.45, 7) is 1.18. The molecule has 358 valence electrons. The van der Waals surface area contributed by atoms with Crippen molar-refractivity contribution in [3.05, 3.63) is 147 Å². The molecule has 1 unspecified atom stereocenters. The van der Waals surface area contributed by atoms with Crippen LogP contribution in [0.2, 0.25) is 10.0 Å². The van der Waals surface area contributed by atoms with Crippen LogP contribution in [0.3, 0.4) is 0 Å². The van der Waals surface area contributed by atoms with E-state index < -0.39 is 30.5 Å². The number of alkyl halides is 2. The molecule has 4 atom stereocenters. The van der Waals surface area contributed by atoms with Crippen molar-refractivity contribution in [3.8, 4) is 17.2 Å². The molecule has 4 saturated heterocycles. The number of halogens is 4. The SMILES string of the molecule is O=C(O[C@@H](Cc1c(Cl)cncc1Cl)c1ccc(OC(F)F)c(OCC2CC2)c1)[C@@H]1SCCN1C(=O)c1ccc(COc2cccc(CN(c3ccccc3)C(O)O[C@H]3CN4CCC3CC4)c2)cc1. The summed E-state index contributed by atoms with van der Waals surface area (Å²) in [5, 5.41) is 11.0. The second-order valence-electron chi connectivity index (χ2n) is 17.5. The van der Waals surface area contributed by atoms with E-state index in [1.807, 2.05) is 71.6 Å². The molecular formula is C51H52Cl2F2N4O8S. The van der Waals surface area contributed by atoms with E-state index in [-0.39, 0.29) is 46.6 Å². The number of para-hydroxylation sites is 1. The van der Waals surface area contributed by atoms with E-state index in [0.717, 1.165) is 62.1 Å². The molecule has 1 amide bonds. The van der Waals surface area contributed by atoms with Gasteiger partial charge in [0.15, 0.2) is 16.9 Å². The van der Waals surface area contributed by atoms with E-state index in [2.05, 4.69) is 9.88 Å². The van der Waals surface area contributed by atoms with Crippen LogP contribution in [0.1, 0.15) is 64.4 Å². The number of rotatable bonds is 20. The lowest BCUT2D eigenvalue weighted by Gasteiger charge is -2.45. The second-order valence-corrected chi connectivity index (χ2v) is 19.5. The minimum absolute atomic E-state index is 0.0200. The Morgan fingerprint density at radius 2 is 1.62 bits per heavy atom. The summed E-state index contributed by atoms with van der Waals surface area (Å²) in [5.74, 6) is 0.835. The van der Waals surface area contributed by atoms with Crippen molar-refractivity contribution >= 4 is 52.5 Å². The quantitative estimate of drug-likeness (QED) is 0.0590. The maximum Gasteiger partial charge on any atom is 0.387 e. The van der Waals surface area contributed by atoms with Gasteiger partial charge in [0, 0.05) is 55.5 Å². The number of amides is 1. The van der Waals surface area contributed by atoms with Gasteiger partial charge in [-0.3, -0.25) is 9.78 Å². The number of carbonyl (C=O) groups is 2. The van der Waals surface area contributed by atoms with Crippen molar-refractivity contribution in [2.24, 2.45) is 11.8 Å². The molecule has 10 rings (SSSR count). The fourth-order valence-corrected chi connectivity index (χ4v) is 10.5. The van der Waals surface area contributed by atoms with Gasteiger partial charge in [0.05, 0.1) is 22.8 Å². The molecule has 1 N–H and O–H groups in total. The minimum atomic E-state index is -3.08. The van der Waals surface area contributed by atoms with Crippen molar-refractivity contribution in [1.82, 2.24) is 14.8 Å². The smallest absolute Gasteiger partial charge is 0.387 e. The van der Waals surface area contributed by atoms with Crippen LogP contribution in [0.25, 0.3) is 0 Å². The van der Waals surface area contributed by atoms with Crippen LogP contribution in [0, 0.1) is 11.8 Å². The highest BCUT2D eigenvalue weighted by molar-refractivity contribution is 8.00. The predicted octanol–water partition coefficient (Wildman–Crippen LogP) is 9.79. The van der Waals surface area contributed by atoms with Crippen molar-refractivity contribution in [2.45, 2.75) is 75.9 Å². The van der Waals surface area contributed by atoms with Crippen LogP contribution >= 0.6 is 35.0 Å². The topological polar surface area (TPSA) is 123 Å². The number of hydrogen-bond donors (Lipinski definition) is 1. The van der Waals surface area contributed by atoms with Crippen molar-refractivity contribution < 1.29 is 47.2 Å². The number of piperidine rings is 3. The fourth-order valence-electron chi connectivity index (χ4n) is 8.86. The van der Waals surface area contributed by atoms with E-state index in [0.29, 0.717) is 59.7 Å². The first-order valence-electron chi connectivity index (χ1n) is 22.9. The molecule has 5 aliphatic rings. The summed E-state index contributed by atoms with van der Waals surface area (Å²) in [6.07, 6.45) is 4.84. The Bertz CT molecular complexity index is 2500. The Balaban J connectivity index is 0.845. The highest BCUT2D eigenvalue weighted by atomic mass is 35.5. The Morgan fingerprint density at radius 3 is 2.32 bits per heavy atom. The normalized spacial score (nSPS) is 20.8. The van der Waals surface area contributed by atoms with Crippen LogP contribution in [0.5, 0.6) is 17.2 Å². The van der Waals surface area contributed by atoms with Gasteiger partial charge < -0.3 is 43.5 Å². The Kier molecular flexibility index (Phi) is 15.5. The summed E-state index contributed by atoms with van der Waals surface area (Å²) >= 11 is 14.3. The molecule has 1 aromatic heterocycles. The zero-order valence-corrected chi connectivity index (χ0v) is 39.5. The molecule has 17 heteroatoms. The Morgan fingerprint density at radius 1 is 0.853 bits per heavy atom. The molecule has 5 aromatic rings. The highest BCUT2D eigenvalue weighted by Crippen LogP contribution is 2.39. The molecule has 4 aliphatic heterocycles. The maximum atomic E-state index is 14.1. The van der Waals surface area contributed by atoms with Gasteiger partial charge in [-0.1, -0.05) is 71.7 Å². The second kappa shape index (κ2) is 22.1. The standard InChI is InChI=1S/C51H52Cl2F2N4O8S/c52-41-26-56-27-42(53)40(41)25-44(37-15-16-43(66-50(54)55)45(24-37)64-31-32-9-10-32)65-49(61)48-58(21-22-68-48)47(60)36-13-11-33(12-14-36)30-63-39-8-4-5-34(23-39)28-59(38-6-2-1-3-7-38)51(62)67-46-29-57-19-17-35(46)18-20-57/h1-8,11-16,23-24,26-27,32,35,44,46,48,50-51,62H,9-10,17-22,25,28-31H2/t44-,46-,48-,51?/m0/s1. The lowest BCUT2D eigenvalue weighted by atomic mass is 9.86. The molecule has 5 heterocycles. The van der Waals surface area contributed by atoms with Gasteiger partial charge in [-0.25, -0.2) is 4.79 Å². The molecule has 5 fully saturated rings. The third-order valence-electron chi connectivity index (χ3n) is 12.8. The molecule has 68 heavy (non-hydrogen) atoms. The predicted molar refractivity (Wildman–Crippen MR) is 255 cm³/mol. The number of aromatic nitrogens is 1. The average Bonchev–Trinajstić information content (AvgIpc) is 4.06. The summed E-state index contributed by atoms with van der Waals surface area (Å²) in [6, 6.07) is 28.9. The molecule has 1 saturated carbocycles. The van der Waals surface area contributed by atoms with Crippen LogP contribution in [-0.2, 0) is 33.8 Å². The number of fused-ring (bicyclic) bond motifs is 3. The van der Waals surface area contributed by atoms with Crippen LogP contribution in [-0.4, -0.2) is 94.8 Å². The first-order valence-corrected chi connectivity index (χ1v) is 24.7. The number of aliphatic hydroxyl groups is 1. The number of benzene rings is 4. The number of pyridine rings is 1. The van der Waals surface area contributed by atoms with E-state index in [1.165, 1.54) is 47.3 Å². The molecule has 12 nitrogen and oxygen atoms in total. The molecule has 0 radical (unpaired) electrons. The zero-order valence-electron chi connectivity index (χ0n) is 37.1. The van der Waals surface area contributed by atoms with Crippen LogP contribution in [0.4, 0.5) is 14.5 Å². The number of thioether (sulfide) groups is 1. The van der Waals surface area contributed by atoms with E-state index in [9.17, 15) is 23.5 Å². The van der Waals surface area contributed by atoms with E-state index >= 15 is 0 Å². The van der Waals surface area contributed by atoms with Crippen molar-refractivity contribution in [1.29, 1.82) is 0 Å². The fraction of sp³-hybridized carbons (Fsp3) is 0.392. The number of anilines is 1. The first-order chi connectivity index (χ1) is 33.0. The summed E-state index contributed by atoms with van der Waals surface area (Å²) in [4.78, 5) is 37.9. The largest absolute Gasteiger partial charge is 0.489 e. The lowest BCUT2D eigenvalue weighted by Crippen LogP contribution is -2.54. The molecular weight excluding hydrogens is 938 g/mol. The van der Waals surface area contributed by atoms with Crippen molar-refractivity contribution in [3.63, 3.8) is 0 Å². The Hall–Kier alpha value is -5.16. The number of ether oxygens (including phenoxy) is 5. The zero-order chi connectivity index (χ0) is 47.1. The third kappa shape index (κ3) is 12.0. The van der Waals surface area contributed by atoms with Gasteiger partial charge >= 0.3 is 12.6 Å². The van der Waals surface area contributed by atoms with Crippen LogP contribution in [0.15, 0.2) is 109 Å². The average molecular weight is 990 g/mol. The molecule has 2 bridgehead atoms. The number of esters is 1. The number of aliphatic hydroxyl groups excluding tert-OH is 1. The van der Waals surface area contributed by atoms with Crippen molar-refractivity contribution in [2.75, 3.05) is 43.4 Å². The number of carbonyl (C=O) groups excluding carboxylic acids is 2.